The highest BCUT2D eigenvalue weighted by Gasteiger charge is 2.18. The molecule has 0 saturated heterocycles. The summed E-state index contributed by atoms with van der Waals surface area (Å²) < 4.78 is 4.80. The van der Waals surface area contributed by atoms with Crippen LogP contribution in [0.2, 0.25) is 0 Å². The summed E-state index contributed by atoms with van der Waals surface area (Å²) in [5, 5.41) is 0. The average molecular weight is 242 g/mol. The SMILES string of the molecule is CCOC(=O)CCCCCC(C(C)=O)C(C)=O. The van der Waals surface area contributed by atoms with E-state index in [0.29, 0.717) is 19.4 Å². The molecule has 0 N–H and O–H groups in total. The first-order valence-corrected chi connectivity index (χ1v) is 6.15. The highest BCUT2D eigenvalue weighted by atomic mass is 16.5. The zero-order chi connectivity index (χ0) is 13.3. The maximum atomic E-state index is 11.1. The van der Waals surface area contributed by atoms with Crippen LogP contribution in [0, 0.1) is 5.92 Å². The first kappa shape index (κ1) is 15.8. The second-order valence-electron chi connectivity index (χ2n) is 4.18. The lowest BCUT2D eigenvalue weighted by molar-refractivity contribution is -0.143. The van der Waals surface area contributed by atoms with Gasteiger partial charge in [-0.2, -0.15) is 0 Å². The van der Waals surface area contributed by atoms with Crippen LogP contribution in [0.4, 0.5) is 0 Å². The van der Waals surface area contributed by atoms with Gasteiger partial charge in [0.05, 0.1) is 12.5 Å². The van der Waals surface area contributed by atoms with Crippen LogP contribution in [-0.4, -0.2) is 24.1 Å². The van der Waals surface area contributed by atoms with E-state index in [-0.39, 0.29) is 17.5 Å². The zero-order valence-corrected chi connectivity index (χ0v) is 11.0. The van der Waals surface area contributed by atoms with Gasteiger partial charge in [-0.3, -0.25) is 14.4 Å². The number of carbonyl (C=O) groups is 3. The van der Waals surface area contributed by atoms with Gasteiger partial charge in [-0.15, -0.1) is 0 Å². The molecule has 0 radical (unpaired) electrons. The van der Waals surface area contributed by atoms with Gasteiger partial charge in [-0.1, -0.05) is 12.8 Å². The van der Waals surface area contributed by atoms with Crippen molar-refractivity contribution in [2.75, 3.05) is 6.61 Å². The average Bonchev–Trinajstić information content (AvgIpc) is 2.22. The summed E-state index contributed by atoms with van der Waals surface area (Å²) in [7, 11) is 0. The fourth-order valence-electron chi connectivity index (χ4n) is 1.72. The van der Waals surface area contributed by atoms with E-state index in [1.54, 1.807) is 6.92 Å². The van der Waals surface area contributed by atoms with Gasteiger partial charge in [-0.25, -0.2) is 0 Å². The van der Waals surface area contributed by atoms with E-state index in [2.05, 4.69) is 0 Å². The molecule has 0 fully saturated rings. The monoisotopic (exact) mass is 242 g/mol. The summed E-state index contributed by atoms with van der Waals surface area (Å²) >= 11 is 0. The zero-order valence-electron chi connectivity index (χ0n) is 11.0. The van der Waals surface area contributed by atoms with Gasteiger partial charge < -0.3 is 4.74 Å². The third kappa shape index (κ3) is 7.66. The van der Waals surface area contributed by atoms with Crippen molar-refractivity contribution in [1.29, 1.82) is 0 Å². The van der Waals surface area contributed by atoms with E-state index in [1.165, 1.54) is 13.8 Å². The highest BCUT2D eigenvalue weighted by molar-refractivity contribution is 6.00. The molecule has 0 atom stereocenters. The molecule has 0 aromatic carbocycles. The lowest BCUT2D eigenvalue weighted by Gasteiger charge is -2.09. The number of carbonyl (C=O) groups excluding carboxylic acids is 3. The molecular formula is C13H22O4. The predicted molar refractivity (Wildman–Crippen MR) is 64.6 cm³/mol. The van der Waals surface area contributed by atoms with Crippen LogP contribution in [0.1, 0.15) is 52.9 Å². The summed E-state index contributed by atoms with van der Waals surface area (Å²) in [6.45, 7) is 5.09. The molecule has 4 nitrogen and oxygen atoms in total. The van der Waals surface area contributed by atoms with Gasteiger partial charge in [0, 0.05) is 6.42 Å². The van der Waals surface area contributed by atoms with Crippen molar-refractivity contribution < 1.29 is 19.1 Å². The molecule has 0 saturated carbocycles. The van der Waals surface area contributed by atoms with E-state index in [0.717, 1.165) is 19.3 Å². The van der Waals surface area contributed by atoms with Crippen LogP contribution < -0.4 is 0 Å². The van der Waals surface area contributed by atoms with Gasteiger partial charge in [-0.05, 0) is 33.6 Å². The van der Waals surface area contributed by atoms with Crippen LogP contribution in [0.5, 0.6) is 0 Å². The van der Waals surface area contributed by atoms with Crippen molar-refractivity contribution in [1.82, 2.24) is 0 Å². The molecule has 4 heteroatoms. The molecule has 0 spiro atoms. The van der Waals surface area contributed by atoms with E-state index >= 15 is 0 Å². The molecule has 0 aromatic heterocycles. The molecule has 0 aliphatic rings. The van der Waals surface area contributed by atoms with Crippen LogP contribution in [0.15, 0.2) is 0 Å². The number of Topliss-reactive ketones (excluding diaryl/α,β-unsaturated/α-hetero) is 2. The molecule has 0 bridgehead atoms. The first-order chi connectivity index (χ1) is 7.99. The van der Waals surface area contributed by atoms with Crippen molar-refractivity contribution in [3.63, 3.8) is 0 Å². The minimum Gasteiger partial charge on any atom is -0.466 e. The molecule has 17 heavy (non-hydrogen) atoms. The van der Waals surface area contributed by atoms with Gasteiger partial charge in [0.1, 0.15) is 11.6 Å². The number of esters is 1. The Bertz CT molecular complexity index is 257. The Morgan fingerprint density at radius 1 is 1.00 bits per heavy atom. The van der Waals surface area contributed by atoms with E-state index in [1.807, 2.05) is 0 Å². The number of hydrogen-bond acceptors (Lipinski definition) is 4. The minimum absolute atomic E-state index is 0.0668. The van der Waals surface area contributed by atoms with Crippen molar-refractivity contribution in [3.8, 4) is 0 Å². The smallest absolute Gasteiger partial charge is 0.305 e. The minimum atomic E-state index is -0.461. The number of ketones is 2. The fourth-order valence-corrected chi connectivity index (χ4v) is 1.72. The Kier molecular flexibility index (Phi) is 8.28. The topological polar surface area (TPSA) is 60.4 Å². The van der Waals surface area contributed by atoms with Crippen LogP contribution >= 0.6 is 0 Å². The Labute approximate surface area is 103 Å². The summed E-state index contributed by atoms with van der Waals surface area (Å²) in [6.07, 6.45) is 3.40. The molecule has 98 valence electrons. The summed E-state index contributed by atoms with van der Waals surface area (Å²) in [5.41, 5.74) is 0. The molecule has 0 rings (SSSR count). The van der Waals surface area contributed by atoms with Crippen LogP contribution in [0.3, 0.4) is 0 Å². The molecule has 0 unspecified atom stereocenters. The Balaban J connectivity index is 3.66. The third-order valence-electron chi connectivity index (χ3n) is 2.66. The molecule has 0 amide bonds. The van der Waals surface area contributed by atoms with Crippen LogP contribution in [-0.2, 0) is 19.1 Å². The van der Waals surface area contributed by atoms with Gasteiger partial charge in [0.15, 0.2) is 0 Å². The van der Waals surface area contributed by atoms with E-state index in [4.69, 9.17) is 4.74 Å². The second-order valence-corrected chi connectivity index (χ2v) is 4.18. The number of ether oxygens (including phenoxy) is 1. The molecule has 0 aromatic rings. The normalized spacial score (nSPS) is 10.4. The maximum absolute atomic E-state index is 11.1. The second kappa shape index (κ2) is 8.90. The summed E-state index contributed by atoms with van der Waals surface area (Å²) in [6, 6.07) is 0. The summed E-state index contributed by atoms with van der Waals surface area (Å²) in [4.78, 5) is 33.3. The quantitative estimate of drug-likeness (QED) is 0.353. The van der Waals surface area contributed by atoms with E-state index in [9.17, 15) is 14.4 Å². The first-order valence-electron chi connectivity index (χ1n) is 6.15. The van der Waals surface area contributed by atoms with E-state index < -0.39 is 5.92 Å². The van der Waals surface area contributed by atoms with Crippen molar-refractivity contribution in [2.45, 2.75) is 52.9 Å². The third-order valence-corrected chi connectivity index (χ3v) is 2.66. The Hall–Kier alpha value is -1.19. The van der Waals surface area contributed by atoms with Gasteiger partial charge >= 0.3 is 5.97 Å². The molecule has 0 aliphatic carbocycles. The highest BCUT2D eigenvalue weighted by Crippen LogP contribution is 2.13. The summed E-state index contributed by atoms with van der Waals surface area (Å²) in [5.74, 6) is -0.773. The van der Waals surface area contributed by atoms with Crippen molar-refractivity contribution >= 4 is 17.5 Å². The number of unbranched alkanes of at least 4 members (excludes halogenated alkanes) is 2. The van der Waals surface area contributed by atoms with Crippen molar-refractivity contribution in [3.05, 3.63) is 0 Å². The number of hydrogen-bond donors (Lipinski definition) is 0. The lowest BCUT2D eigenvalue weighted by atomic mass is 9.94. The lowest BCUT2D eigenvalue weighted by Crippen LogP contribution is -2.19. The molecular weight excluding hydrogens is 220 g/mol. The molecule has 0 heterocycles. The number of rotatable bonds is 9. The molecule has 0 aliphatic heterocycles. The van der Waals surface area contributed by atoms with Gasteiger partial charge in [0.25, 0.3) is 0 Å². The predicted octanol–water partition coefficient (Wildman–Crippen LogP) is 2.29. The van der Waals surface area contributed by atoms with Gasteiger partial charge in [0.2, 0.25) is 0 Å². The standard InChI is InChI=1S/C13H22O4/c1-4-17-13(16)9-7-5-6-8-12(10(2)14)11(3)15/h12H,4-9H2,1-3H3. The largest absolute Gasteiger partial charge is 0.466 e. The van der Waals surface area contributed by atoms with Crippen molar-refractivity contribution in [2.24, 2.45) is 5.92 Å². The van der Waals surface area contributed by atoms with Crippen LogP contribution in [0.25, 0.3) is 0 Å². The Morgan fingerprint density at radius 3 is 2.06 bits per heavy atom. The maximum Gasteiger partial charge on any atom is 0.305 e. The fraction of sp³-hybridized carbons (Fsp3) is 0.769. The Morgan fingerprint density at radius 2 is 1.59 bits per heavy atom.